The third kappa shape index (κ3) is 4.10. The topological polar surface area (TPSA) is 67.3 Å². The minimum atomic E-state index is -3.02. The molecule has 1 aliphatic rings. The van der Waals surface area contributed by atoms with E-state index in [2.05, 4.69) is 4.98 Å². The summed E-state index contributed by atoms with van der Waals surface area (Å²) in [5.41, 5.74) is 2.56. The second-order valence-corrected chi connectivity index (χ2v) is 9.51. The van der Waals surface area contributed by atoms with Gasteiger partial charge < -0.3 is 4.90 Å². The molecule has 134 valence electrons. The van der Waals surface area contributed by atoms with Crippen LogP contribution in [0.2, 0.25) is 0 Å². The fourth-order valence-electron chi connectivity index (χ4n) is 3.12. The SMILES string of the molecule is CCCN(C(=O)c1ccc(-c2nc(C)cs2)cc1)C1CCS(=O)(=O)C1. The number of benzene rings is 1. The summed E-state index contributed by atoms with van der Waals surface area (Å²) in [4.78, 5) is 19.1. The molecule has 1 aliphatic heterocycles. The Morgan fingerprint density at radius 3 is 2.56 bits per heavy atom. The van der Waals surface area contributed by atoms with Crippen LogP contribution in [0.15, 0.2) is 29.6 Å². The van der Waals surface area contributed by atoms with E-state index in [0.29, 0.717) is 18.5 Å². The van der Waals surface area contributed by atoms with Crippen LogP contribution in [0.4, 0.5) is 0 Å². The van der Waals surface area contributed by atoms with Gasteiger partial charge in [-0.2, -0.15) is 0 Å². The fraction of sp³-hybridized carbons (Fsp3) is 0.444. The molecule has 0 aliphatic carbocycles. The van der Waals surface area contributed by atoms with Gasteiger partial charge in [-0.15, -0.1) is 11.3 Å². The number of hydrogen-bond donors (Lipinski definition) is 0. The third-order valence-electron chi connectivity index (χ3n) is 4.37. The third-order valence-corrected chi connectivity index (χ3v) is 7.13. The van der Waals surface area contributed by atoms with E-state index in [0.717, 1.165) is 22.7 Å². The van der Waals surface area contributed by atoms with Gasteiger partial charge in [0.2, 0.25) is 0 Å². The molecule has 1 aromatic heterocycles. The van der Waals surface area contributed by atoms with Crippen LogP contribution in [-0.4, -0.2) is 48.3 Å². The van der Waals surface area contributed by atoms with E-state index in [-0.39, 0.29) is 23.5 Å². The highest BCUT2D eigenvalue weighted by molar-refractivity contribution is 7.91. The molecule has 1 saturated heterocycles. The average Bonchev–Trinajstić information content (AvgIpc) is 3.17. The predicted octanol–water partition coefficient (Wildman–Crippen LogP) is 3.16. The van der Waals surface area contributed by atoms with Gasteiger partial charge in [0.1, 0.15) is 5.01 Å². The van der Waals surface area contributed by atoms with Crippen molar-refractivity contribution in [3.05, 3.63) is 40.9 Å². The highest BCUT2D eigenvalue weighted by atomic mass is 32.2. The van der Waals surface area contributed by atoms with Crippen LogP contribution < -0.4 is 0 Å². The first-order chi connectivity index (χ1) is 11.9. The van der Waals surface area contributed by atoms with Crippen molar-refractivity contribution in [2.45, 2.75) is 32.7 Å². The summed E-state index contributed by atoms with van der Waals surface area (Å²) in [7, 11) is -3.02. The van der Waals surface area contributed by atoms with Crippen LogP contribution in [0.5, 0.6) is 0 Å². The van der Waals surface area contributed by atoms with E-state index in [4.69, 9.17) is 0 Å². The number of thiazole rings is 1. The summed E-state index contributed by atoms with van der Waals surface area (Å²) in [5.74, 6) is 0.161. The summed E-state index contributed by atoms with van der Waals surface area (Å²) >= 11 is 1.58. The van der Waals surface area contributed by atoms with E-state index in [9.17, 15) is 13.2 Å². The van der Waals surface area contributed by atoms with Crippen LogP contribution in [0.1, 0.15) is 35.8 Å². The van der Waals surface area contributed by atoms with E-state index in [1.165, 1.54) is 0 Å². The van der Waals surface area contributed by atoms with E-state index < -0.39 is 9.84 Å². The molecular weight excluding hydrogens is 356 g/mol. The summed E-state index contributed by atoms with van der Waals surface area (Å²) in [6, 6.07) is 7.21. The lowest BCUT2D eigenvalue weighted by Gasteiger charge is -2.28. The summed E-state index contributed by atoms with van der Waals surface area (Å²) in [5, 5.41) is 2.93. The van der Waals surface area contributed by atoms with Crippen LogP contribution in [0, 0.1) is 6.92 Å². The van der Waals surface area contributed by atoms with Gasteiger partial charge in [-0.25, -0.2) is 13.4 Å². The van der Waals surface area contributed by atoms with Crippen molar-refractivity contribution in [1.82, 2.24) is 9.88 Å². The maximum absolute atomic E-state index is 12.9. The van der Waals surface area contributed by atoms with Gasteiger partial charge in [0.15, 0.2) is 9.84 Å². The van der Waals surface area contributed by atoms with Crippen molar-refractivity contribution in [3.63, 3.8) is 0 Å². The first-order valence-corrected chi connectivity index (χ1v) is 11.1. The summed E-state index contributed by atoms with van der Waals surface area (Å²) < 4.78 is 23.5. The van der Waals surface area contributed by atoms with Gasteiger partial charge in [0, 0.05) is 34.8 Å². The first kappa shape index (κ1) is 18.1. The number of aromatic nitrogens is 1. The summed E-state index contributed by atoms with van der Waals surface area (Å²) in [6.07, 6.45) is 1.34. The Kier molecular flexibility index (Phi) is 5.24. The Morgan fingerprint density at radius 1 is 1.32 bits per heavy atom. The van der Waals surface area contributed by atoms with Gasteiger partial charge in [-0.1, -0.05) is 19.1 Å². The van der Waals surface area contributed by atoms with Crippen LogP contribution in [0.25, 0.3) is 10.6 Å². The molecular formula is C18H22N2O3S2. The van der Waals surface area contributed by atoms with Crippen LogP contribution in [0.3, 0.4) is 0 Å². The maximum Gasteiger partial charge on any atom is 0.254 e. The molecule has 0 bridgehead atoms. The fourth-order valence-corrected chi connectivity index (χ4v) is 5.65. The molecule has 0 N–H and O–H groups in total. The highest BCUT2D eigenvalue weighted by Gasteiger charge is 2.34. The second-order valence-electron chi connectivity index (χ2n) is 6.43. The summed E-state index contributed by atoms with van der Waals surface area (Å²) in [6.45, 7) is 4.53. The van der Waals surface area contributed by atoms with Crippen LogP contribution in [-0.2, 0) is 9.84 Å². The lowest BCUT2D eigenvalue weighted by molar-refractivity contribution is 0.0697. The number of sulfone groups is 1. The monoisotopic (exact) mass is 378 g/mol. The molecule has 25 heavy (non-hydrogen) atoms. The van der Waals surface area contributed by atoms with Gasteiger partial charge in [-0.3, -0.25) is 4.79 Å². The molecule has 1 unspecified atom stereocenters. The van der Waals surface area contributed by atoms with Crippen molar-refractivity contribution in [3.8, 4) is 10.6 Å². The number of aryl methyl sites for hydroxylation is 1. The van der Waals surface area contributed by atoms with E-state index in [1.807, 2.05) is 31.4 Å². The van der Waals surface area contributed by atoms with Crippen molar-refractivity contribution in [2.24, 2.45) is 0 Å². The smallest absolute Gasteiger partial charge is 0.254 e. The van der Waals surface area contributed by atoms with Crippen molar-refractivity contribution < 1.29 is 13.2 Å². The number of carbonyl (C=O) groups is 1. The second kappa shape index (κ2) is 7.25. The number of rotatable bonds is 5. The molecule has 1 aromatic carbocycles. The minimum Gasteiger partial charge on any atom is -0.335 e. The molecule has 1 amide bonds. The molecule has 0 radical (unpaired) electrons. The first-order valence-electron chi connectivity index (χ1n) is 8.43. The molecule has 2 heterocycles. The molecule has 3 rings (SSSR count). The Balaban J connectivity index is 1.80. The van der Waals surface area contributed by atoms with Gasteiger partial charge in [0.05, 0.1) is 11.5 Å². The predicted molar refractivity (Wildman–Crippen MR) is 101 cm³/mol. The van der Waals surface area contributed by atoms with Gasteiger partial charge in [-0.05, 0) is 31.9 Å². The van der Waals surface area contributed by atoms with Crippen molar-refractivity contribution >= 4 is 27.1 Å². The quantitative estimate of drug-likeness (QED) is 0.801. The lowest BCUT2D eigenvalue weighted by Crippen LogP contribution is -2.41. The molecule has 7 heteroatoms. The van der Waals surface area contributed by atoms with Gasteiger partial charge >= 0.3 is 0 Å². The van der Waals surface area contributed by atoms with Crippen molar-refractivity contribution in [1.29, 1.82) is 0 Å². The largest absolute Gasteiger partial charge is 0.335 e. The average molecular weight is 379 g/mol. The number of amides is 1. The normalized spacial score (nSPS) is 19.0. The lowest BCUT2D eigenvalue weighted by atomic mass is 10.1. The zero-order valence-electron chi connectivity index (χ0n) is 14.4. The van der Waals surface area contributed by atoms with E-state index in [1.54, 1.807) is 28.4 Å². The maximum atomic E-state index is 12.9. The number of carbonyl (C=O) groups excluding carboxylic acids is 1. The standard InChI is InChI=1S/C18H22N2O3S2/c1-3-9-20(16-8-10-25(22,23)12-16)18(21)15-6-4-14(5-7-15)17-19-13(2)11-24-17/h4-7,11,16H,3,8-10,12H2,1-2H3. The highest BCUT2D eigenvalue weighted by Crippen LogP contribution is 2.25. The molecule has 5 nitrogen and oxygen atoms in total. The molecule has 1 atom stereocenters. The Morgan fingerprint density at radius 2 is 2.04 bits per heavy atom. The minimum absolute atomic E-state index is 0.0786. The molecule has 2 aromatic rings. The zero-order chi connectivity index (χ0) is 18.0. The molecule has 0 spiro atoms. The van der Waals surface area contributed by atoms with Crippen molar-refractivity contribution in [2.75, 3.05) is 18.1 Å². The molecule has 1 fully saturated rings. The zero-order valence-corrected chi connectivity index (χ0v) is 16.1. The Bertz CT molecular complexity index is 857. The molecule has 0 saturated carbocycles. The Hall–Kier alpha value is -1.73. The van der Waals surface area contributed by atoms with Gasteiger partial charge in [0.25, 0.3) is 5.91 Å². The Labute approximate surface area is 152 Å². The number of nitrogens with zero attached hydrogens (tertiary/aromatic N) is 2. The van der Waals surface area contributed by atoms with Crippen LogP contribution >= 0.6 is 11.3 Å². The number of hydrogen-bond acceptors (Lipinski definition) is 5. The van der Waals surface area contributed by atoms with E-state index >= 15 is 0 Å².